The van der Waals surface area contributed by atoms with E-state index in [0.717, 1.165) is 12.2 Å². The number of methoxy groups -OCH3 is 1. The molecule has 0 spiro atoms. The van der Waals surface area contributed by atoms with Gasteiger partial charge in [0.05, 0.1) is 7.11 Å². The van der Waals surface area contributed by atoms with Gasteiger partial charge in [0.2, 0.25) is 5.78 Å². The Balaban J connectivity index is 3.05. The van der Waals surface area contributed by atoms with Crippen LogP contribution in [0, 0.1) is 0 Å². The Kier molecular flexibility index (Phi) is 6.72. The maximum atomic E-state index is 11.9. The van der Waals surface area contributed by atoms with Crippen LogP contribution in [0.3, 0.4) is 0 Å². The fourth-order valence-corrected chi connectivity index (χ4v) is 2.38. The molecule has 0 amide bonds. The number of rotatable bonds is 6. The first-order valence-corrected chi connectivity index (χ1v) is 8.23. The largest absolute Gasteiger partial charge is 0.464 e. The highest BCUT2D eigenvalue weighted by molar-refractivity contribution is 7.98. The first-order valence-electron chi connectivity index (χ1n) is 5.70. The molecule has 0 saturated heterocycles. The van der Waals surface area contributed by atoms with E-state index in [1.165, 1.54) is 19.4 Å². The SMILES string of the molecule is COC(=O)c1cc(C(=O)C(Cl)(Cl)Cl)cn1CCCSC. The van der Waals surface area contributed by atoms with Gasteiger partial charge in [-0.2, -0.15) is 11.8 Å². The molecule has 20 heavy (non-hydrogen) atoms. The number of alkyl halides is 3. The molecule has 1 heterocycles. The minimum Gasteiger partial charge on any atom is -0.464 e. The summed E-state index contributed by atoms with van der Waals surface area (Å²) >= 11 is 18.4. The van der Waals surface area contributed by atoms with Crippen molar-refractivity contribution < 1.29 is 14.3 Å². The van der Waals surface area contributed by atoms with E-state index in [2.05, 4.69) is 4.74 Å². The molecule has 8 heteroatoms. The van der Waals surface area contributed by atoms with Gasteiger partial charge in [0, 0.05) is 18.3 Å². The van der Waals surface area contributed by atoms with Gasteiger partial charge in [-0.05, 0) is 24.5 Å². The van der Waals surface area contributed by atoms with Crippen LogP contribution in [0.4, 0.5) is 0 Å². The van der Waals surface area contributed by atoms with Crippen LogP contribution in [-0.4, -0.2) is 39.2 Å². The maximum absolute atomic E-state index is 11.9. The molecule has 0 aliphatic heterocycles. The number of hydrogen-bond donors (Lipinski definition) is 0. The lowest BCUT2D eigenvalue weighted by Gasteiger charge is -2.07. The number of ether oxygens (including phenoxy) is 1. The summed E-state index contributed by atoms with van der Waals surface area (Å²) in [7, 11) is 1.28. The van der Waals surface area contributed by atoms with Crippen LogP contribution < -0.4 is 0 Å². The molecule has 4 nitrogen and oxygen atoms in total. The van der Waals surface area contributed by atoms with Gasteiger partial charge in [0.1, 0.15) is 5.69 Å². The van der Waals surface area contributed by atoms with Crippen LogP contribution in [0.1, 0.15) is 27.3 Å². The van der Waals surface area contributed by atoms with E-state index in [9.17, 15) is 9.59 Å². The van der Waals surface area contributed by atoms with E-state index >= 15 is 0 Å². The monoisotopic (exact) mass is 357 g/mol. The number of halogens is 3. The van der Waals surface area contributed by atoms with Crippen LogP contribution >= 0.6 is 46.6 Å². The summed E-state index contributed by atoms with van der Waals surface area (Å²) in [5.41, 5.74) is 0.445. The number of Topliss-reactive ketones (excluding diaryl/α,β-unsaturated/α-hetero) is 1. The van der Waals surface area contributed by atoms with Crippen molar-refractivity contribution in [1.82, 2.24) is 4.57 Å². The second-order valence-electron chi connectivity index (χ2n) is 3.97. The van der Waals surface area contributed by atoms with E-state index in [1.807, 2.05) is 6.26 Å². The lowest BCUT2D eigenvalue weighted by Crippen LogP contribution is -2.18. The summed E-state index contributed by atoms with van der Waals surface area (Å²) in [6.07, 6.45) is 4.35. The molecule has 0 radical (unpaired) electrons. The summed E-state index contributed by atoms with van der Waals surface area (Å²) in [6, 6.07) is 1.38. The molecule has 1 aromatic rings. The Morgan fingerprint density at radius 1 is 1.40 bits per heavy atom. The lowest BCUT2D eigenvalue weighted by atomic mass is 10.2. The van der Waals surface area contributed by atoms with Gasteiger partial charge >= 0.3 is 5.97 Å². The number of hydrogen-bond acceptors (Lipinski definition) is 4. The van der Waals surface area contributed by atoms with E-state index in [1.54, 1.807) is 16.3 Å². The molecular weight excluding hydrogens is 345 g/mol. The average molecular weight is 359 g/mol. The fourth-order valence-electron chi connectivity index (χ4n) is 1.64. The molecular formula is C12H14Cl3NO3S. The van der Waals surface area contributed by atoms with Gasteiger partial charge in [-0.1, -0.05) is 34.8 Å². The second-order valence-corrected chi connectivity index (χ2v) is 7.24. The van der Waals surface area contributed by atoms with Crippen molar-refractivity contribution in [3.8, 4) is 0 Å². The molecule has 0 N–H and O–H groups in total. The van der Waals surface area contributed by atoms with Crippen molar-refractivity contribution in [1.29, 1.82) is 0 Å². The molecule has 1 rings (SSSR count). The van der Waals surface area contributed by atoms with Crippen molar-refractivity contribution in [3.05, 3.63) is 23.5 Å². The maximum Gasteiger partial charge on any atom is 0.354 e. The zero-order valence-corrected chi connectivity index (χ0v) is 14.1. The number of aromatic nitrogens is 1. The highest BCUT2D eigenvalue weighted by Gasteiger charge is 2.33. The molecule has 0 fully saturated rings. The number of esters is 1. The highest BCUT2D eigenvalue weighted by atomic mass is 35.6. The van der Waals surface area contributed by atoms with Crippen LogP contribution in [-0.2, 0) is 11.3 Å². The Hall–Kier alpha value is -0.360. The zero-order valence-electron chi connectivity index (χ0n) is 11.0. The van der Waals surface area contributed by atoms with Crippen LogP contribution in [0.25, 0.3) is 0 Å². The molecule has 0 bridgehead atoms. The topological polar surface area (TPSA) is 48.3 Å². The number of carbonyl (C=O) groups excluding carboxylic acids is 2. The molecule has 1 aromatic heterocycles. The quantitative estimate of drug-likeness (QED) is 0.337. The minimum absolute atomic E-state index is 0.176. The van der Waals surface area contributed by atoms with Gasteiger partial charge < -0.3 is 9.30 Å². The predicted molar refractivity (Wildman–Crippen MR) is 83.4 cm³/mol. The second kappa shape index (κ2) is 7.59. The zero-order chi connectivity index (χ0) is 15.3. The molecule has 0 aliphatic carbocycles. The van der Waals surface area contributed by atoms with Crippen LogP contribution in [0.15, 0.2) is 12.3 Å². The van der Waals surface area contributed by atoms with E-state index in [-0.39, 0.29) is 11.3 Å². The summed E-state index contributed by atoms with van der Waals surface area (Å²) in [4.78, 5) is 23.6. The van der Waals surface area contributed by atoms with Crippen molar-refractivity contribution >= 4 is 58.3 Å². The van der Waals surface area contributed by atoms with E-state index < -0.39 is 15.5 Å². The molecule has 112 valence electrons. The van der Waals surface area contributed by atoms with Crippen molar-refractivity contribution in [3.63, 3.8) is 0 Å². The summed E-state index contributed by atoms with van der Waals surface area (Å²) in [5, 5.41) is 0. The van der Waals surface area contributed by atoms with E-state index in [4.69, 9.17) is 34.8 Å². The standard InChI is InChI=1S/C12H14Cl3NO3S/c1-19-11(18)9-6-8(10(17)12(13,14)15)7-16(9)4-3-5-20-2/h6-7H,3-5H2,1-2H3. The number of nitrogens with zero attached hydrogens (tertiary/aromatic N) is 1. The number of thioether (sulfide) groups is 1. The average Bonchev–Trinajstić information content (AvgIpc) is 2.80. The third-order valence-corrected chi connectivity index (χ3v) is 3.77. The Labute approximate surface area is 136 Å². The lowest BCUT2D eigenvalue weighted by molar-refractivity contribution is 0.0588. The normalized spacial score (nSPS) is 11.4. The minimum atomic E-state index is -2.04. The Morgan fingerprint density at radius 2 is 2.05 bits per heavy atom. The Morgan fingerprint density at radius 3 is 2.55 bits per heavy atom. The predicted octanol–water partition coefficient (Wildman–Crippen LogP) is 3.58. The summed E-state index contributed by atoms with van der Waals surface area (Å²) < 4.78 is 4.29. The first-order chi connectivity index (χ1) is 9.31. The molecule has 0 unspecified atom stereocenters. The van der Waals surface area contributed by atoms with Crippen molar-refractivity contribution in [2.75, 3.05) is 19.1 Å². The highest BCUT2D eigenvalue weighted by Crippen LogP contribution is 2.31. The number of carbonyl (C=O) groups is 2. The first kappa shape index (κ1) is 17.7. The molecule has 0 atom stereocenters. The van der Waals surface area contributed by atoms with Gasteiger partial charge in [-0.25, -0.2) is 4.79 Å². The summed E-state index contributed by atoms with van der Waals surface area (Å²) in [6.45, 7) is 0.582. The number of ketones is 1. The third-order valence-electron chi connectivity index (χ3n) is 2.56. The smallest absolute Gasteiger partial charge is 0.354 e. The van der Waals surface area contributed by atoms with Crippen molar-refractivity contribution in [2.24, 2.45) is 0 Å². The fraction of sp³-hybridized carbons (Fsp3) is 0.500. The Bertz CT molecular complexity index is 497. The van der Waals surface area contributed by atoms with Crippen LogP contribution in [0.2, 0.25) is 0 Å². The molecule has 0 saturated carbocycles. The summed E-state index contributed by atoms with van der Waals surface area (Å²) in [5.74, 6) is -0.263. The van der Waals surface area contributed by atoms with Gasteiger partial charge in [0.15, 0.2) is 0 Å². The van der Waals surface area contributed by atoms with Crippen LogP contribution in [0.5, 0.6) is 0 Å². The van der Waals surface area contributed by atoms with E-state index in [0.29, 0.717) is 6.54 Å². The number of aryl methyl sites for hydroxylation is 1. The van der Waals surface area contributed by atoms with Gasteiger partial charge in [-0.3, -0.25) is 4.79 Å². The van der Waals surface area contributed by atoms with Crippen molar-refractivity contribution in [2.45, 2.75) is 16.8 Å². The molecule has 0 aliphatic rings. The van der Waals surface area contributed by atoms with Gasteiger partial charge in [0.25, 0.3) is 3.79 Å². The van der Waals surface area contributed by atoms with Gasteiger partial charge in [-0.15, -0.1) is 0 Å². The third kappa shape index (κ3) is 4.58. The molecule has 0 aromatic carbocycles.